The van der Waals surface area contributed by atoms with Gasteiger partial charge in [-0.05, 0) is 12.8 Å². The van der Waals surface area contributed by atoms with Gasteiger partial charge in [-0.2, -0.15) is 17.0 Å². The van der Waals surface area contributed by atoms with Gasteiger partial charge < -0.3 is 5.73 Å². The van der Waals surface area contributed by atoms with E-state index in [9.17, 15) is 8.42 Å². The van der Waals surface area contributed by atoms with Gasteiger partial charge >= 0.3 is 0 Å². The van der Waals surface area contributed by atoms with Crippen molar-refractivity contribution >= 4 is 16.0 Å². The largest absolute Gasteiger partial charge is 0.387 e. The molecular weight excluding hydrogens is 228 g/mol. The zero-order chi connectivity index (χ0) is 12.3. The second kappa shape index (κ2) is 5.11. The molecule has 0 bridgehead atoms. The van der Waals surface area contributed by atoms with Gasteiger partial charge in [0.25, 0.3) is 10.2 Å². The van der Waals surface area contributed by atoms with Gasteiger partial charge in [-0.25, -0.2) is 0 Å². The molecule has 1 rings (SSSR count). The highest BCUT2D eigenvalue weighted by atomic mass is 32.2. The molecule has 1 aliphatic rings. The van der Waals surface area contributed by atoms with Gasteiger partial charge in [0, 0.05) is 20.1 Å². The maximum absolute atomic E-state index is 12.1. The van der Waals surface area contributed by atoms with Crippen molar-refractivity contribution in [2.24, 2.45) is 5.73 Å². The first kappa shape index (κ1) is 13.4. The summed E-state index contributed by atoms with van der Waals surface area (Å²) in [6.07, 6.45) is 3.81. The first-order chi connectivity index (χ1) is 7.35. The fraction of sp³-hybridized carbons (Fsp3) is 0.889. The van der Waals surface area contributed by atoms with Crippen LogP contribution < -0.4 is 5.73 Å². The van der Waals surface area contributed by atoms with Crippen LogP contribution in [0.25, 0.3) is 0 Å². The molecule has 7 heteroatoms. The lowest BCUT2D eigenvalue weighted by molar-refractivity contribution is 0.328. The van der Waals surface area contributed by atoms with E-state index in [0.29, 0.717) is 0 Å². The van der Waals surface area contributed by atoms with Crippen molar-refractivity contribution in [3.8, 4) is 0 Å². The van der Waals surface area contributed by atoms with Gasteiger partial charge in [0.15, 0.2) is 0 Å². The van der Waals surface area contributed by atoms with E-state index in [1.807, 2.05) is 0 Å². The lowest BCUT2D eigenvalue weighted by Gasteiger charge is -2.29. The van der Waals surface area contributed by atoms with Crippen LogP contribution in [0.1, 0.15) is 25.7 Å². The normalized spacial score (nSPS) is 18.5. The molecule has 0 aliphatic heterocycles. The van der Waals surface area contributed by atoms with Crippen LogP contribution in [0.5, 0.6) is 0 Å². The highest BCUT2D eigenvalue weighted by Crippen LogP contribution is 2.25. The van der Waals surface area contributed by atoms with Crippen molar-refractivity contribution in [3.63, 3.8) is 0 Å². The van der Waals surface area contributed by atoms with Crippen LogP contribution in [0.2, 0.25) is 0 Å². The topological polar surface area (TPSA) is 90.5 Å². The van der Waals surface area contributed by atoms with E-state index in [-0.39, 0.29) is 18.4 Å². The molecule has 0 aromatic carbocycles. The van der Waals surface area contributed by atoms with Crippen LogP contribution in [0.3, 0.4) is 0 Å². The average Bonchev–Trinajstić information content (AvgIpc) is 2.65. The Morgan fingerprint density at radius 2 is 1.88 bits per heavy atom. The summed E-state index contributed by atoms with van der Waals surface area (Å²) in [5.74, 6) is -0.114. The van der Waals surface area contributed by atoms with Crippen LogP contribution >= 0.6 is 0 Å². The first-order valence-electron chi connectivity index (χ1n) is 5.38. The second-order valence-corrected chi connectivity index (χ2v) is 6.39. The molecular formula is C9H20N4O2S. The molecule has 1 fully saturated rings. The van der Waals surface area contributed by atoms with Crippen LogP contribution in [0.4, 0.5) is 0 Å². The van der Waals surface area contributed by atoms with Crippen LogP contribution in [0.15, 0.2) is 0 Å². The molecule has 0 atom stereocenters. The van der Waals surface area contributed by atoms with Crippen LogP contribution in [-0.4, -0.2) is 49.5 Å². The summed E-state index contributed by atoms with van der Waals surface area (Å²) in [6, 6.07) is -0.00343. The fourth-order valence-corrected chi connectivity index (χ4v) is 3.28. The zero-order valence-electron chi connectivity index (χ0n) is 9.81. The Bertz CT molecular complexity index is 347. The smallest absolute Gasteiger partial charge is 0.282 e. The van der Waals surface area contributed by atoms with Crippen molar-refractivity contribution < 1.29 is 8.42 Å². The number of hydrogen-bond donors (Lipinski definition) is 2. The quantitative estimate of drug-likeness (QED) is 0.529. The van der Waals surface area contributed by atoms with Gasteiger partial charge in [-0.15, -0.1) is 0 Å². The molecule has 3 N–H and O–H groups in total. The van der Waals surface area contributed by atoms with E-state index in [1.165, 1.54) is 22.7 Å². The number of nitrogens with two attached hydrogens (primary N) is 1. The molecule has 0 heterocycles. The third-order valence-corrected chi connectivity index (χ3v) is 4.76. The van der Waals surface area contributed by atoms with Crippen LogP contribution in [-0.2, 0) is 10.2 Å². The Kier molecular flexibility index (Phi) is 4.28. The molecule has 1 aliphatic carbocycles. The van der Waals surface area contributed by atoms with E-state index >= 15 is 0 Å². The first-order valence-corrected chi connectivity index (χ1v) is 6.77. The molecule has 0 aromatic rings. The predicted octanol–water partition coefficient (Wildman–Crippen LogP) is -0.0266. The van der Waals surface area contributed by atoms with E-state index in [2.05, 4.69) is 0 Å². The van der Waals surface area contributed by atoms with Crippen LogP contribution in [0, 0.1) is 5.41 Å². The minimum absolute atomic E-state index is 0.00343. The summed E-state index contributed by atoms with van der Waals surface area (Å²) in [4.78, 5) is 0. The molecule has 16 heavy (non-hydrogen) atoms. The Hall–Kier alpha value is -0.660. The van der Waals surface area contributed by atoms with Crippen molar-refractivity contribution in [1.29, 1.82) is 5.41 Å². The second-order valence-electron chi connectivity index (χ2n) is 4.30. The molecule has 94 valence electrons. The van der Waals surface area contributed by atoms with Crippen molar-refractivity contribution in [3.05, 3.63) is 0 Å². The van der Waals surface area contributed by atoms with Gasteiger partial charge in [-0.1, -0.05) is 12.8 Å². The Balaban J connectivity index is 2.90. The minimum atomic E-state index is -3.47. The van der Waals surface area contributed by atoms with Gasteiger partial charge in [0.2, 0.25) is 0 Å². The number of nitrogens with zero attached hydrogens (tertiary/aromatic N) is 2. The molecule has 0 spiro atoms. The highest BCUT2D eigenvalue weighted by Gasteiger charge is 2.33. The molecule has 0 aromatic heterocycles. The van der Waals surface area contributed by atoms with Crippen molar-refractivity contribution in [2.45, 2.75) is 31.7 Å². The fourth-order valence-electron chi connectivity index (χ4n) is 1.97. The van der Waals surface area contributed by atoms with E-state index in [1.54, 1.807) is 0 Å². The molecule has 6 nitrogen and oxygen atoms in total. The summed E-state index contributed by atoms with van der Waals surface area (Å²) in [6.45, 7) is -0.00875. The lowest BCUT2D eigenvalue weighted by Crippen LogP contribution is -2.48. The third kappa shape index (κ3) is 2.93. The third-order valence-electron chi connectivity index (χ3n) is 2.82. The standard InChI is InChI=1S/C9H20N4O2S/c1-12(2)16(14,15)13(7-9(10)11)8-5-3-4-6-8/h8H,3-7H2,1-2H3,(H3,10,11). The lowest BCUT2D eigenvalue weighted by atomic mass is 10.2. The minimum Gasteiger partial charge on any atom is -0.387 e. The Morgan fingerprint density at radius 1 is 1.38 bits per heavy atom. The Morgan fingerprint density at radius 3 is 2.25 bits per heavy atom. The highest BCUT2D eigenvalue weighted by molar-refractivity contribution is 7.86. The van der Waals surface area contributed by atoms with Gasteiger partial charge in [-0.3, -0.25) is 5.41 Å². The molecule has 0 saturated heterocycles. The number of rotatable bonds is 5. The molecule has 0 unspecified atom stereocenters. The summed E-state index contributed by atoms with van der Waals surface area (Å²) in [5, 5.41) is 7.26. The van der Waals surface area contributed by atoms with Crippen molar-refractivity contribution in [1.82, 2.24) is 8.61 Å². The number of amidine groups is 1. The summed E-state index contributed by atoms with van der Waals surface area (Å²) in [7, 11) is -0.477. The number of nitrogens with one attached hydrogen (secondary N) is 1. The molecule has 0 amide bonds. The van der Waals surface area contributed by atoms with Gasteiger partial charge in [0.05, 0.1) is 6.54 Å². The summed E-state index contributed by atoms with van der Waals surface area (Å²) in [5.41, 5.74) is 5.32. The van der Waals surface area contributed by atoms with E-state index in [4.69, 9.17) is 11.1 Å². The van der Waals surface area contributed by atoms with Crippen molar-refractivity contribution in [2.75, 3.05) is 20.6 Å². The van der Waals surface area contributed by atoms with E-state index < -0.39 is 10.2 Å². The summed E-state index contributed by atoms with van der Waals surface area (Å²) < 4.78 is 26.6. The molecule has 0 radical (unpaired) electrons. The monoisotopic (exact) mass is 248 g/mol. The van der Waals surface area contributed by atoms with Gasteiger partial charge in [0.1, 0.15) is 5.84 Å². The zero-order valence-corrected chi connectivity index (χ0v) is 10.6. The maximum Gasteiger partial charge on any atom is 0.282 e. The Labute approximate surface area is 97.1 Å². The predicted molar refractivity (Wildman–Crippen MR) is 63.5 cm³/mol. The van der Waals surface area contributed by atoms with E-state index in [0.717, 1.165) is 25.7 Å². The maximum atomic E-state index is 12.1. The number of hydrogen-bond acceptors (Lipinski definition) is 3. The SMILES string of the molecule is CN(C)S(=O)(=O)N(CC(=N)N)C1CCCC1. The summed E-state index contributed by atoms with van der Waals surface area (Å²) >= 11 is 0. The molecule has 1 saturated carbocycles. The average molecular weight is 248 g/mol.